The van der Waals surface area contributed by atoms with Crippen molar-refractivity contribution in [2.75, 3.05) is 20.1 Å². The van der Waals surface area contributed by atoms with E-state index in [1.165, 1.54) is 19.9 Å². The molecule has 142 valence electrons. The van der Waals surface area contributed by atoms with Gasteiger partial charge in [0.15, 0.2) is 5.96 Å². The molecule has 7 heteroatoms. The molecular weight excluding hydrogens is 336 g/mol. The van der Waals surface area contributed by atoms with Crippen molar-refractivity contribution in [3.8, 4) is 0 Å². The minimum absolute atomic E-state index is 0.262. The summed E-state index contributed by atoms with van der Waals surface area (Å²) in [6.45, 7) is 8.72. The van der Waals surface area contributed by atoms with Gasteiger partial charge < -0.3 is 10.6 Å². The first-order valence-electron chi connectivity index (χ1n) is 8.93. The fourth-order valence-corrected chi connectivity index (χ4v) is 3.02. The highest BCUT2D eigenvalue weighted by molar-refractivity contribution is 7.89. The molecule has 3 N–H and O–H groups in total. The van der Waals surface area contributed by atoms with E-state index in [1.807, 2.05) is 6.92 Å². The number of rotatable bonds is 10. The van der Waals surface area contributed by atoms with Crippen LogP contribution in [0.15, 0.2) is 34.2 Å². The Kier molecular flexibility index (Phi) is 9.52. The molecule has 0 unspecified atom stereocenters. The third kappa shape index (κ3) is 8.36. The lowest BCUT2D eigenvalue weighted by atomic mass is 10.1. The molecule has 0 amide bonds. The second-order valence-corrected chi connectivity index (χ2v) is 8.25. The number of hydrogen-bond donors (Lipinski definition) is 3. The van der Waals surface area contributed by atoms with E-state index in [-0.39, 0.29) is 4.90 Å². The number of unbranched alkanes of at least 4 members (excludes halogenated alkanes) is 1. The third-order valence-corrected chi connectivity index (χ3v) is 5.20. The second kappa shape index (κ2) is 11.1. The number of nitrogens with one attached hydrogen (secondary N) is 3. The van der Waals surface area contributed by atoms with Gasteiger partial charge in [-0.3, -0.25) is 0 Å². The van der Waals surface area contributed by atoms with Gasteiger partial charge in [0.1, 0.15) is 0 Å². The molecule has 1 rings (SSSR count). The zero-order valence-electron chi connectivity index (χ0n) is 15.8. The van der Waals surface area contributed by atoms with Gasteiger partial charge >= 0.3 is 0 Å². The van der Waals surface area contributed by atoms with E-state index in [0.29, 0.717) is 6.54 Å². The molecule has 0 aliphatic carbocycles. The summed E-state index contributed by atoms with van der Waals surface area (Å²) in [5, 5.41) is 6.57. The first-order chi connectivity index (χ1) is 11.9. The summed E-state index contributed by atoms with van der Waals surface area (Å²) in [7, 11) is -1.98. The molecular formula is C18H32N4O2S. The van der Waals surface area contributed by atoms with Crippen molar-refractivity contribution in [1.29, 1.82) is 0 Å². The van der Waals surface area contributed by atoms with Gasteiger partial charge in [-0.25, -0.2) is 18.1 Å². The highest BCUT2D eigenvalue weighted by atomic mass is 32.2. The molecule has 0 bridgehead atoms. The fourth-order valence-electron chi connectivity index (χ4n) is 2.29. The predicted molar refractivity (Wildman–Crippen MR) is 104 cm³/mol. The molecule has 6 nitrogen and oxygen atoms in total. The van der Waals surface area contributed by atoms with Gasteiger partial charge in [-0.15, -0.1) is 0 Å². The average Bonchev–Trinajstić information content (AvgIpc) is 2.59. The van der Waals surface area contributed by atoms with Crippen LogP contribution in [0.5, 0.6) is 0 Å². The van der Waals surface area contributed by atoms with Crippen molar-refractivity contribution < 1.29 is 8.42 Å². The Balaban J connectivity index is 2.56. The van der Waals surface area contributed by atoms with Gasteiger partial charge in [0.05, 0.1) is 11.4 Å². The first kappa shape index (κ1) is 21.4. The van der Waals surface area contributed by atoms with E-state index in [1.54, 1.807) is 24.3 Å². The molecule has 0 atom stereocenters. The Morgan fingerprint density at radius 1 is 1.12 bits per heavy atom. The Labute approximate surface area is 152 Å². The van der Waals surface area contributed by atoms with Crippen molar-refractivity contribution in [2.24, 2.45) is 10.9 Å². The Morgan fingerprint density at radius 2 is 1.80 bits per heavy atom. The van der Waals surface area contributed by atoms with Crippen LogP contribution in [0.25, 0.3) is 0 Å². The summed E-state index contributed by atoms with van der Waals surface area (Å²) >= 11 is 0. The van der Waals surface area contributed by atoms with Gasteiger partial charge in [-0.05, 0) is 44.0 Å². The Hall–Kier alpha value is -1.60. The van der Waals surface area contributed by atoms with Crippen molar-refractivity contribution in [3.05, 3.63) is 29.8 Å². The largest absolute Gasteiger partial charge is 0.357 e. The molecule has 0 aromatic heterocycles. The lowest BCUT2D eigenvalue weighted by Crippen LogP contribution is -2.37. The van der Waals surface area contributed by atoms with Crippen molar-refractivity contribution >= 4 is 16.0 Å². The molecule has 25 heavy (non-hydrogen) atoms. The zero-order valence-corrected chi connectivity index (χ0v) is 16.6. The number of benzene rings is 1. The summed E-state index contributed by atoms with van der Waals surface area (Å²) in [5.74, 6) is 1.54. The predicted octanol–water partition coefficient (Wildman–Crippen LogP) is 2.48. The third-order valence-electron chi connectivity index (χ3n) is 3.77. The highest BCUT2D eigenvalue weighted by Crippen LogP contribution is 2.11. The van der Waals surface area contributed by atoms with E-state index in [0.717, 1.165) is 37.0 Å². The van der Waals surface area contributed by atoms with Crippen LogP contribution in [0, 0.1) is 5.92 Å². The summed E-state index contributed by atoms with van der Waals surface area (Å²) in [4.78, 5) is 4.82. The number of aliphatic imine (C=N–C) groups is 1. The number of sulfonamides is 1. The lowest BCUT2D eigenvalue weighted by Gasteiger charge is -2.12. The molecule has 0 saturated heterocycles. The number of nitrogens with zero attached hydrogens (tertiary/aromatic N) is 1. The molecule has 0 heterocycles. The van der Waals surface area contributed by atoms with Crippen LogP contribution in [0.1, 0.15) is 45.6 Å². The summed E-state index contributed by atoms with van der Waals surface area (Å²) in [6.07, 6.45) is 3.59. The minimum Gasteiger partial charge on any atom is -0.357 e. The van der Waals surface area contributed by atoms with E-state index < -0.39 is 10.0 Å². The maximum Gasteiger partial charge on any atom is 0.240 e. The molecule has 0 aliphatic heterocycles. The second-order valence-electron chi connectivity index (χ2n) is 6.36. The average molecular weight is 369 g/mol. The first-order valence-corrected chi connectivity index (χ1v) is 10.4. The van der Waals surface area contributed by atoms with Crippen LogP contribution in [0.4, 0.5) is 0 Å². The van der Waals surface area contributed by atoms with Gasteiger partial charge in [0.2, 0.25) is 10.0 Å². The molecule has 0 spiro atoms. The minimum atomic E-state index is -3.39. The molecule has 0 radical (unpaired) electrons. The topological polar surface area (TPSA) is 82.6 Å². The van der Waals surface area contributed by atoms with Crippen LogP contribution in [0.2, 0.25) is 0 Å². The van der Waals surface area contributed by atoms with E-state index in [9.17, 15) is 8.42 Å². The van der Waals surface area contributed by atoms with Crippen LogP contribution in [0.3, 0.4) is 0 Å². The molecule has 0 aliphatic rings. The molecule has 1 aromatic carbocycles. The van der Waals surface area contributed by atoms with Crippen LogP contribution in [-0.4, -0.2) is 34.5 Å². The Morgan fingerprint density at radius 3 is 2.36 bits per heavy atom. The normalized spacial score (nSPS) is 12.4. The smallest absolute Gasteiger partial charge is 0.240 e. The summed E-state index contributed by atoms with van der Waals surface area (Å²) in [5.41, 5.74) is 0.965. The standard InChI is InChI=1S/C18H32N4O2S/c1-5-20-18(21-13-7-6-8-15(2)3)22-14-16-9-11-17(12-10-16)25(23,24)19-4/h9-12,15,19H,5-8,13-14H2,1-4H3,(H2,20,21,22). The van der Waals surface area contributed by atoms with E-state index in [2.05, 4.69) is 34.2 Å². The van der Waals surface area contributed by atoms with E-state index in [4.69, 9.17) is 0 Å². The lowest BCUT2D eigenvalue weighted by molar-refractivity contribution is 0.534. The van der Waals surface area contributed by atoms with Gasteiger partial charge in [0, 0.05) is 13.1 Å². The van der Waals surface area contributed by atoms with Crippen LogP contribution >= 0.6 is 0 Å². The van der Waals surface area contributed by atoms with Crippen molar-refractivity contribution in [3.63, 3.8) is 0 Å². The maximum atomic E-state index is 11.7. The van der Waals surface area contributed by atoms with Gasteiger partial charge in [-0.2, -0.15) is 0 Å². The fraction of sp³-hybridized carbons (Fsp3) is 0.611. The number of guanidine groups is 1. The monoisotopic (exact) mass is 368 g/mol. The summed E-state index contributed by atoms with van der Waals surface area (Å²) in [6, 6.07) is 6.78. The molecule has 0 saturated carbocycles. The van der Waals surface area contributed by atoms with E-state index >= 15 is 0 Å². The SMILES string of the molecule is CCNC(=NCc1ccc(S(=O)(=O)NC)cc1)NCCCCC(C)C. The number of hydrogen-bond acceptors (Lipinski definition) is 3. The molecule has 1 aromatic rings. The quantitative estimate of drug-likeness (QED) is 0.337. The van der Waals surface area contributed by atoms with Crippen LogP contribution in [-0.2, 0) is 16.6 Å². The van der Waals surface area contributed by atoms with Crippen molar-refractivity contribution in [1.82, 2.24) is 15.4 Å². The van der Waals surface area contributed by atoms with Crippen molar-refractivity contribution in [2.45, 2.75) is 51.5 Å². The van der Waals surface area contributed by atoms with Gasteiger partial charge in [-0.1, -0.05) is 38.8 Å². The Bertz CT molecular complexity index is 625. The highest BCUT2D eigenvalue weighted by Gasteiger charge is 2.10. The van der Waals surface area contributed by atoms with Gasteiger partial charge in [0.25, 0.3) is 0 Å². The van der Waals surface area contributed by atoms with Crippen LogP contribution < -0.4 is 15.4 Å². The zero-order chi connectivity index (χ0) is 18.7. The molecule has 0 fully saturated rings. The maximum absolute atomic E-state index is 11.7. The summed E-state index contributed by atoms with van der Waals surface area (Å²) < 4.78 is 25.7.